The molecule has 0 rings (SSSR count). The molecule has 0 aromatic carbocycles. The van der Waals surface area contributed by atoms with Crippen molar-refractivity contribution >= 4 is 5.91 Å². The van der Waals surface area contributed by atoms with Gasteiger partial charge >= 0.3 is 0 Å². The Kier molecular flexibility index (Phi) is 6.49. The number of likely N-dealkylation sites (N-methyl/N-ethyl adjacent to an activating group) is 2. The Morgan fingerprint density at radius 3 is 2.57 bits per heavy atom. The van der Waals surface area contributed by atoms with Crippen molar-refractivity contribution in [1.29, 1.82) is 0 Å². The maximum absolute atomic E-state index is 11.7. The van der Waals surface area contributed by atoms with Crippen molar-refractivity contribution in [1.82, 2.24) is 10.2 Å². The van der Waals surface area contributed by atoms with Crippen molar-refractivity contribution in [3.63, 3.8) is 0 Å². The number of rotatable bonds is 6. The monoisotopic (exact) mass is 201 g/mol. The van der Waals surface area contributed by atoms with Crippen molar-refractivity contribution in [2.75, 3.05) is 27.2 Å². The van der Waals surface area contributed by atoms with E-state index in [1.807, 2.05) is 20.9 Å². The lowest BCUT2D eigenvalue weighted by atomic mass is 9.99. The molecule has 0 saturated carbocycles. The third-order valence-corrected chi connectivity index (χ3v) is 2.62. The molecule has 0 aromatic rings. The number of amides is 1. The summed E-state index contributed by atoms with van der Waals surface area (Å²) in [7, 11) is 3.66. The predicted molar refractivity (Wildman–Crippen MR) is 59.0 cm³/mol. The van der Waals surface area contributed by atoms with E-state index < -0.39 is 0 Å². The molecule has 0 saturated heterocycles. The second-order valence-corrected chi connectivity index (χ2v) is 3.77. The summed E-state index contributed by atoms with van der Waals surface area (Å²) in [5.41, 5.74) is 5.83. The van der Waals surface area contributed by atoms with Gasteiger partial charge < -0.3 is 16.0 Å². The Bertz CT molecular complexity index is 173. The zero-order chi connectivity index (χ0) is 11.1. The minimum atomic E-state index is -0.359. The Labute approximate surface area is 86.8 Å². The summed E-state index contributed by atoms with van der Waals surface area (Å²) in [5, 5.41) is 3.00. The average molecular weight is 201 g/mol. The molecule has 4 heteroatoms. The molecule has 0 heterocycles. The van der Waals surface area contributed by atoms with Gasteiger partial charge in [-0.2, -0.15) is 0 Å². The molecule has 2 atom stereocenters. The molecule has 0 bridgehead atoms. The number of nitrogens with two attached hydrogens (primary N) is 1. The maximum atomic E-state index is 11.7. The van der Waals surface area contributed by atoms with Crippen LogP contribution in [0.3, 0.4) is 0 Å². The zero-order valence-corrected chi connectivity index (χ0v) is 9.71. The lowest BCUT2D eigenvalue weighted by Crippen LogP contribution is -2.46. The van der Waals surface area contributed by atoms with E-state index in [-0.39, 0.29) is 17.9 Å². The highest BCUT2D eigenvalue weighted by Gasteiger charge is 2.22. The first-order chi connectivity index (χ1) is 6.54. The summed E-state index contributed by atoms with van der Waals surface area (Å²) >= 11 is 0. The van der Waals surface area contributed by atoms with E-state index in [1.165, 1.54) is 0 Å². The largest absolute Gasteiger partial charge is 0.343 e. The van der Waals surface area contributed by atoms with Crippen molar-refractivity contribution in [3.05, 3.63) is 0 Å². The molecular formula is C10H23N3O. The van der Waals surface area contributed by atoms with E-state index >= 15 is 0 Å². The summed E-state index contributed by atoms with van der Waals surface area (Å²) < 4.78 is 0. The van der Waals surface area contributed by atoms with Crippen LogP contribution in [0.2, 0.25) is 0 Å². The van der Waals surface area contributed by atoms with Gasteiger partial charge in [-0.1, -0.05) is 20.3 Å². The highest BCUT2D eigenvalue weighted by atomic mass is 16.2. The second-order valence-electron chi connectivity index (χ2n) is 3.77. The molecule has 14 heavy (non-hydrogen) atoms. The molecule has 4 nitrogen and oxygen atoms in total. The summed E-state index contributed by atoms with van der Waals surface area (Å²) in [6, 6.07) is -0.359. The molecule has 0 spiro atoms. The first-order valence-corrected chi connectivity index (χ1v) is 5.19. The van der Waals surface area contributed by atoms with Crippen molar-refractivity contribution in [2.24, 2.45) is 11.7 Å². The number of nitrogens with one attached hydrogen (secondary N) is 1. The van der Waals surface area contributed by atoms with E-state index in [2.05, 4.69) is 5.32 Å². The van der Waals surface area contributed by atoms with E-state index in [4.69, 9.17) is 5.73 Å². The van der Waals surface area contributed by atoms with Crippen molar-refractivity contribution in [2.45, 2.75) is 26.3 Å². The van der Waals surface area contributed by atoms with Gasteiger partial charge in [0, 0.05) is 20.1 Å². The SMILES string of the molecule is CC[C@H](C)[C@H](N)C(=O)N(C)CCNC. The summed E-state index contributed by atoms with van der Waals surface area (Å²) in [6.07, 6.45) is 0.937. The lowest BCUT2D eigenvalue weighted by molar-refractivity contribution is -0.132. The van der Waals surface area contributed by atoms with Crippen molar-refractivity contribution in [3.8, 4) is 0 Å². The molecular weight excluding hydrogens is 178 g/mol. The van der Waals surface area contributed by atoms with Crippen LogP contribution in [-0.4, -0.2) is 44.0 Å². The highest BCUT2D eigenvalue weighted by molar-refractivity contribution is 5.81. The van der Waals surface area contributed by atoms with Gasteiger partial charge in [-0.3, -0.25) is 4.79 Å². The van der Waals surface area contributed by atoms with Crippen LogP contribution >= 0.6 is 0 Å². The smallest absolute Gasteiger partial charge is 0.239 e. The molecule has 3 N–H and O–H groups in total. The average Bonchev–Trinajstić information content (AvgIpc) is 2.22. The van der Waals surface area contributed by atoms with Gasteiger partial charge in [-0.25, -0.2) is 0 Å². The fraction of sp³-hybridized carbons (Fsp3) is 0.900. The van der Waals surface area contributed by atoms with Crippen LogP contribution in [0.5, 0.6) is 0 Å². The molecule has 0 aliphatic heterocycles. The molecule has 0 unspecified atom stereocenters. The molecule has 0 fully saturated rings. The lowest BCUT2D eigenvalue weighted by Gasteiger charge is -2.24. The Morgan fingerprint density at radius 2 is 2.14 bits per heavy atom. The van der Waals surface area contributed by atoms with Gasteiger partial charge in [0.05, 0.1) is 6.04 Å². The minimum absolute atomic E-state index is 0.0367. The summed E-state index contributed by atoms with van der Waals surface area (Å²) in [4.78, 5) is 13.4. The fourth-order valence-corrected chi connectivity index (χ4v) is 1.14. The van der Waals surface area contributed by atoms with Crippen LogP contribution in [-0.2, 0) is 4.79 Å². The molecule has 1 amide bonds. The van der Waals surface area contributed by atoms with Gasteiger partial charge in [0.1, 0.15) is 0 Å². The Morgan fingerprint density at radius 1 is 1.57 bits per heavy atom. The highest BCUT2D eigenvalue weighted by Crippen LogP contribution is 2.07. The topological polar surface area (TPSA) is 58.4 Å². The van der Waals surface area contributed by atoms with E-state index in [0.29, 0.717) is 6.54 Å². The third kappa shape index (κ3) is 4.07. The normalized spacial score (nSPS) is 14.9. The third-order valence-electron chi connectivity index (χ3n) is 2.62. The Balaban J connectivity index is 4.03. The zero-order valence-electron chi connectivity index (χ0n) is 9.71. The van der Waals surface area contributed by atoms with Crippen LogP contribution in [0.4, 0.5) is 0 Å². The summed E-state index contributed by atoms with van der Waals surface area (Å²) in [6.45, 7) is 5.56. The predicted octanol–water partition coefficient (Wildman–Crippen LogP) is 0.0376. The quantitative estimate of drug-likeness (QED) is 0.638. The van der Waals surface area contributed by atoms with E-state index in [0.717, 1.165) is 13.0 Å². The standard InChI is InChI=1S/C10H23N3O/c1-5-8(2)9(11)10(14)13(4)7-6-12-3/h8-9,12H,5-7,11H2,1-4H3/t8-,9-/m0/s1. The number of carbonyl (C=O) groups is 1. The van der Waals surface area contributed by atoms with Crippen LogP contribution < -0.4 is 11.1 Å². The van der Waals surface area contributed by atoms with Crippen LogP contribution in [0.25, 0.3) is 0 Å². The number of nitrogens with zero attached hydrogens (tertiary/aromatic N) is 1. The molecule has 0 aromatic heterocycles. The number of carbonyl (C=O) groups excluding carboxylic acids is 1. The van der Waals surface area contributed by atoms with Gasteiger partial charge in [0.25, 0.3) is 0 Å². The van der Waals surface area contributed by atoms with Crippen LogP contribution in [0.15, 0.2) is 0 Å². The Hall–Kier alpha value is -0.610. The van der Waals surface area contributed by atoms with Gasteiger partial charge in [0.15, 0.2) is 0 Å². The second kappa shape index (κ2) is 6.79. The van der Waals surface area contributed by atoms with Gasteiger partial charge in [-0.15, -0.1) is 0 Å². The minimum Gasteiger partial charge on any atom is -0.343 e. The maximum Gasteiger partial charge on any atom is 0.239 e. The van der Waals surface area contributed by atoms with E-state index in [9.17, 15) is 4.79 Å². The number of hydrogen-bond donors (Lipinski definition) is 2. The van der Waals surface area contributed by atoms with Gasteiger partial charge in [-0.05, 0) is 13.0 Å². The number of hydrogen-bond acceptors (Lipinski definition) is 3. The first-order valence-electron chi connectivity index (χ1n) is 5.19. The fourth-order valence-electron chi connectivity index (χ4n) is 1.14. The molecule has 0 aliphatic rings. The van der Waals surface area contributed by atoms with Crippen LogP contribution in [0.1, 0.15) is 20.3 Å². The molecule has 0 radical (unpaired) electrons. The van der Waals surface area contributed by atoms with Crippen molar-refractivity contribution < 1.29 is 4.79 Å². The molecule has 84 valence electrons. The summed E-state index contributed by atoms with van der Waals surface area (Å²) in [5.74, 6) is 0.286. The van der Waals surface area contributed by atoms with Gasteiger partial charge in [0.2, 0.25) is 5.91 Å². The van der Waals surface area contributed by atoms with E-state index in [1.54, 1.807) is 11.9 Å². The van der Waals surface area contributed by atoms with Crippen LogP contribution in [0, 0.1) is 5.92 Å². The first kappa shape index (κ1) is 13.4. The molecule has 0 aliphatic carbocycles.